The van der Waals surface area contributed by atoms with Gasteiger partial charge in [-0.25, -0.2) is 19.6 Å². The van der Waals surface area contributed by atoms with Crippen LogP contribution < -0.4 is 10.6 Å². The average Bonchev–Trinajstić information content (AvgIpc) is 4.06. The Morgan fingerprint density at radius 2 is 1.52 bits per heavy atom. The molecular weight excluding hydrogens is 781 g/mol. The second-order valence-corrected chi connectivity index (χ2v) is 22.6. The van der Waals surface area contributed by atoms with E-state index in [4.69, 9.17) is 24.2 Å². The molecule has 0 aliphatic carbocycles. The van der Waals surface area contributed by atoms with Gasteiger partial charge in [-0.3, -0.25) is 9.59 Å². The monoisotopic (exact) mass is 836 g/mol. The van der Waals surface area contributed by atoms with Crippen LogP contribution in [0, 0.1) is 5.92 Å². The van der Waals surface area contributed by atoms with Crippen LogP contribution in [0.2, 0.25) is 19.1 Å². The second kappa shape index (κ2) is 16.7. The quantitative estimate of drug-likeness (QED) is 0.101. The first-order chi connectivity index (χ1) is 28.5. The van der Waals surface area contributed by atoms with Crippen molar-refractivity contribution in [1.82, 2.24) is 40.4 Å². The van der Waals surface area contributed by atoms with Crippen molar-refractivity contribution >= 4 is 53.9 Å². The van der Waals surface area contributed by atoms with Gasteiger partial charge in [0.15, 0.2) is 0 Å². The van der Waals surface area contributed by atoms with Crippen molar-refractivity contribution < 1.29 is 33.4 Å². The van der Waals surface area contributed by atoms with E-state index in [9.17, 15) is 19.2 Å². The number of ether oxygens (including phenoxy) is 3. The van der Waals surface area contributed by atoms with Crippen LogP contribution >= 0.6 is 0 Å². The largest absolute Gasteiger partial charge is 0.453 e. The Morgan fingerprint density at radius 1 is 0.833 bits per heavy atom. The maximum atomic E-state index is 14.0. The molecule has 2 aliphatic heterocycles. The predicted molar refractivity (Wildman–Crippen MR) is 232 cm³/mol. The summed E-state index contributed by atoms with van der Waals surface area (Å²) in [5, 5.41) is 7.48. The van der Waals surface area contributed by atoms with Gasteiger partial charge in [-0.2, -0.15) is 0 Å². The molecule has 0 spiro atoms. The lowest BCUT2D eigenvalue weighted by molar-refractivity contribution is -0.142. The number of H-pyrrole nitrogens is 2. The lowest BCUT2D eigenvalue weighted by Gasteiger charge is -2.36. The van der Waals surface area contributed by atoms with E-state index in [0.717, 1.165) is 68.9 Å². The number of likely N-dealkylation sites (tertiary alicyclic amines) is 1. The summed E-state index contributed by atoms with van der Waals surface area (Å²) >= 11 is 0. The third-order valence-electron chi connectivity index (χ3n) is 12.1. The van der Waals surface area contributed by atoms with Gasteiger partial charge in [0.05, 0.1) is 62.9 Å². The van der Waals surface area contributed by atoms with Crippen LogP contribution in [0.5, 0.6) is 0 Å². The van der Waals surface area contributed by atoms with Crippen molar-refractivity contribution in [1.29, 1.82) is 0 Å². The maximum Gasteiger partial charge on any atom is 0.407 e. The van der Waals surface area contributed by atoms with Crippen LogP contribution in [0.1, 0.15) is 64.3 Å². The van der Waals surface area contributed by atoms with Crippen molar-refractivity contribution in [3.05, 3.63) is 72.4 Å². The maximum absolute atomic E-state index is 14.0. The molecule has 0 radical (unpaired) electrons. The van der Waals surface area contributed by atoms with Gasteiger partial charge in [-0.1, -0.05) is 69.4 Å². The first-order valence-corrected chi connectivity index (χ1v) is 23.9. The minimum atomic E-state index is -1.78. The summed E-state index contributed by atoms with van der Waals surface area (Å²) in [5.74, 6) is 0.943. The number of hydrogen-bond donors (Lipinski definition) is 4. The SMILES string of the molecule is COC(=O)N[C@H](C(=O)N1CCC[C@H]1c1ncc(-c2ccc(-c3ccc4c(ccc5[nH]c([C@H]6C[Si](C)(C)CN6C(=O)[C@H](NC(=O)OC)C(C)C)nc54)c3)cc2)[nH]1)C(C)(C)OC. The number of alkyl carbamates (subject to hydrolysis) is 2. The summed E-state index contributed by atoms with van der Waals surface area (Å²) < 4.78 is 15.2. The number of methoxy groups -OCH3 is 3. The van der Waals surface area contributed by atoms with Crippen molar-refractivity contribution in [3.8, 4) is 22.4 Å². The van der Waals surface area contributed by atoms with E-state index in [-0.39, 0.29) is 29.8 Å². The fraction of sp³-hybridized carbons (Fsp3) is 0.455. The second-order valence-electron chi connectivity index (χ2n) is 17.6. The average molecular weight is 837 g/mol. The zero-order chi connectivity index (χ0) is 43.1. The molecule has 7 rings (SSSR count). The minimum absolute atomic E-state index is 0.119. The standard InChI is InChI=1S/C44H56N8O7Si/c1-25(2)35(49-42(55)57-5)40(53)52-24-60(8,9)23-34(52)39-46-31-19-17-29-21-28(16-18-30(29)36(31)48-39)26-12-14-27(15-13-26)32-22-45-38(47-32)33-11-10-20-51(33)41(54)37(44(3,4)59-7)50-43(56)58-6/h12-19,21-22,25,33-35,37H,10-11,20,23-24H2,1-9H3,(H,45,47)(H,46,48)(H,49,55)(H,50,56)/t33-,34+,35+,37+/m0/s1. The Hall–Kier alpha value is -5.74. The Kier molecular flexibility index (Phi) is 11.8. The molecule has 15 nitrogen and oxygen atoms in total. The van der Waals surface area contributed by atoms with E-state index >= 15 is 0 Å². The smallest absolute Gasteiger partial charge is 0.407 e. The molecule has 4 heterocycles. The number of benzene rings is 3. The molecule has 2 saturated heterocycles. The predicted octanol–water partition coefficient (Wildman–Crippen LogP) is 7.10. The number of nitrogens with one attached hydrogen (secondary N) is 4. The van der Waals surface area contributed by atoms with E-state index in [1.807, 2.05) is 24.8 Å². The van der Waals surface area contributed by atoms with Crippen molar-refractivity contribution in [2.75, 3.05) is 34.0 Å². The molecule has 318 valence electrons. The number of aromatic amines is 2. The number of carbonyl (C=O) groups is 4. The molecule has 2 fully saturated rings. The molecule has 0 bridgehead atoms. The molecule has 4 amide bonds. The first kappa shape index (κ1) is 42.4. The molecule has 5 aromatic rings. The topological polar surface area (TPSA) is 184 Å². The van der Waals surface area contributed by atoms with Crippen molar-refractivity contribution in [2.45, 2.75) is 89.4 Å². The van der Waals surface area contributed by atoms with Crippen LogP contribution in [0.15, 0.2) is 60.8 Å². The highest BCUT2D eigenvalue weighted by atomic mass is 28.3. The van der Waals surface area contributed by atoms with Crippen LogP contribution in [0.25, 0.3) is 44.2 Å². The Morgan fingerprint density at radius 3 is 2.20 bits per heavy atom. The highest BCUT2D eigenvalue weighted by molar-refractivity contribution is 6.78. The van der Waals surface area contributed by atoms with Crippen molar-refractivity contribution in [2.24, 2.45) is 5.92 Å². The summed E-state index contributed by atoms with van der Waals surface area (Å²) in [5.41, 5.74) is 4.68. The minimum Gasteiger partial charge on any atom is -0.453 e. The van der Waals surface area contributed by atoms with Crippen LogP contribution in [-0.2, 0) is 23.8 Å². The van der Waals surface area contributed by atoms with Crippen molar-refractivity contribution in [3.63, 3.8) is 0 Å². The summed E-state index contributed by atoms with van der Waals surface area (Å²) in [6.07, 6.45) is 2.68. The highest BCUT2D eigenvalue weighted by Crippen LogP contribution is 2.40. The van der Waals surface area contributed by atoms with Gasteiger partial charge in [0.2, 0.25) is 11.8 Å². The van der Waals surface area contributed by atoms with Crippen LogP contribution in [-0.4, -0.2) is 114 Å². The molecule has 2 aromatic heterocycles. The number of aromatic nitrogens is 4. The van der Waals surface area contributed by atoms with Gasteiger partial charge < -0.3 is 44.6 Å². The molecule has 4 N–H and O–H groups in total. The highest BCUT2D eigenvalue weighted by Gasteiger charge is 2.46. The third-order valence-corrected chi connectivity index (χ3v) is 14.8. The number of amides is 4. The number of carbonyl (C=O) groups excluding carboxylic acids is 4. The molecule has 0 unspecified atom stereocenters. The summed E-state index contributed by atoms with van der Waals surface area (Å²) in [7, 11) is 2.29. The van der Waals surface area contributed by atoms with Gasteiger partial charge in [0.1, 0.15) is 23.7 Å². The Balaban J connectivity index is 1.09. The summed E-state index contributed by atoms with van der Waals surface area (Å²) in [6, 6.07) is 17.5. The van der Waals surface area contributed by atoms with E-state index < -0.39 is 37.9 Å². The number of imidazole rings is 2. The summed E-state index contributed by atoms with van der Waals surface area (Å²) in [6.45, 7) is 12.5. The van der Waals surface area contributed by atoms with Crippen LogP contribution in [0.4, 0.5) is 9.59 Å². The molecule has 3 aromatic carbocycles. The molecule has 0 saturated carbocycles. The molecular formula is C44H56N8O7Si. The van der Waals surface area contributed by atoms with E-state index in [1.165, 1.54) is 21.3 Å². The molecule has 4 atom stereocenters. The zero-order valence-electron chi connectivity index (χ0n) is 35.8. The van der Waals surface area contributed by atoms with E-state index in [2.05, 4.69) is 82.2 Å². The normalized spacial score (nSPS) is 18.8. The number of hydrogen-bond acceptors (Lipinski definition) is 9. The van der Waals surface area contributed by atoms with Gasteiger partial charge >= 0.3 is 12.2 Å². The third kappa shape index (κ3) is 8.35. The first-order valence-electron chi connectivity index (χ1n) is 20.5. The van der Waals surface area contributed by atoms with Gasteiger partial charge in [-0.05, 0) is 72.9 Å². The van der Waals surface area contributed by atoms with E-state index in [0.29, 0.717) is 18.5 Å². The molecule has 2 aliphatic rings. The number of rotatable bonds is 11. The van der Waals surface area contributed by atoms with E-state index in [1.54, 1.807) is 24.9 Å². The van der Waals surface area contributed by atoms with Gasteiger partial charge in [0.25, 0.3) is 0 Å². The number of nitrogens with zero attached hydrogens (tertiary/aromatic N) is 4. The van der Waals surface area contributed by atoms with Gasteiger partial charge in [0, 0.05) is 25.2 Å². The summed E-state index contributed by atoms with van der Waals surface area (Å²) in [4.78, 5) is 72.7. The Bertz CT molecular complexity index is 2410. The molecule has 60 heavy (non-hydrogen) atoms. The zero-order valence-corrected chi connectivity index (χ0v) is 36.8. The fourth-order valence-electron chi connectivity index (χ4n) is 8.58. The fourth-order valence-corrected chi connectivity index (χ4v) is 11.5. The molecule has 16 heteroatoms. The lowest BCUT2D eigenvalue weighted by atomic mass is 9.96. The van der Waals surface area contributed by atoms with Gasteiger partial charge in [-0.15, -0.1) is 0 Å². The van der Waals surface area contributed by atoms with Crippen LogP contribution in [0.3, 0.4) is 0 Å². The Labute approximate surface area is 351 Å². The number of fused-ring (bicyclic) bond motifs is 3. The lowest BCUT2D eigenvalue weighted by Crippen LogP contribution is -2.59.